The van der Waals surface area contributed by atoms with Gasteiger partial charge in [0.2, 0.25) is 0 Å². The summed E-state index contributed by atoms with van der Waals surface area (Å²) in [6.07, 6.45) is 4.32. The van der Waals surface area contributed by atoms with Crippen molar-refractivity contribution in [3.8, 4) is 0 Å². The molecule has 1 atom stereocenters. The molecular weight excluding hydrogens is 150 g/mol. The second-order valence-electron chi connectivity index (χ2n) is 3.92. The van der Waals surface area contributed by atoms with Gasteiger partial charge in [0.25, 0.3) is 0 Å². The Labute approximate surface area is 75.7 Å². The van der Waals surface area contributed by atoms with E-state index in [1.54, 1.807) is 0 Å². The van der Waals surface area contributed by atoms with Gasteiger partial charge in [-0.25, -0.2) is 0 Å². The van der Waals surface area contributed by atoms with Crippen molar-refractivity contribution in [2.45, 2.75) is 39.2 Å². The molecule has 1 fully saturated rings. The maximum atomic E-state index is 5.48. The Balaban J connectivity index is 1.88. The fraction of sp³-hybridized carbons (Fsp3) is 1.00. The average molecular weight is 171 g/mol. The van der Waals surface area contributed by atoms with Crippen LogP contribution in [0.5, 0.6) is 0 Å². The Morgan fingerprint density at radius 3 is 2.92 bits per heavy atom. The van der Waals surface area contributed by atoms with Crippen molar-refractivity contribution in [1.82, 2.24) is 5.32 Å². The topological polar surface area (TPSA) is 21.3 Å². The summed E-state index contributed by atoms with van der Waals surface area (Å²) in [5.74, 6) is 0.917. The summed E-state index contributed by atoms with van der Waals surface area (Å²) in [4.78, 5) is 0. The summed E-state index contributed by atoms with van der Waals surface area (Å²) in [6, 6.07) is 0. The van der Waals surface area contributed by atoms with Gasteiger partial charge in [0.15, 0.2) is 0 Å². The molecule has 0 saturated carbocycles. The number of nitrogens with one attached hydrogen (secondary N) is 1. The molecule has 1 aliphatic heterocycles. The number of hydrogen-bond donors (Lipinski definition) is 1. The van der Waals surface area contributed by atoms with Crippen LogP contribution in [-0.4, -0.2) is 25.8 Å². The van der Waals surface area contributed by atoms with Crippen molar-refractivity contribution in [3.05, 3.63) is 0 Å². The molecule has 0 aromatic heterocycles. The Morgan fingerprint density at radius 2 is 2.33 bits per heavy atom. The van der Waals surface area contributed by atoms with Crippen molar-refractivity contribution < 1.29 is 4.74 Å². The Kier molecular flexibility index (Phi) is 4.62. The molecule has 1 rings (SSSR count). The lowest BCUT2D eigenvalue weighted by molar-refractivity contribution is 0.0740. The van der Waals surface area contributed by atoms with Crippen molar-refractivity contribution in [3.63, 3.8) is 0 Å². The SMILES string of the molecule is CC(C)OCCCC1CCNC1. The van der Waals surface area contributed by atoms with Gasteiger partial charge in [0.05, 0.1) is 6.10 Å². The molecule has 0 amide bonds. The minimum absolute atomic E-state index is 0.395. The third-order valence-corrected chi connectivity index (χ3v) is 2.37. The van der Waals surface area contributed by atoms with E-state index in [1.165, 1.54) is 32.4 Å². The number of rotatable bonds is 5. The van der Waals surface area contributed by atoms with Gasteiger partial charge in [-0.1, -0.05) is 0 Å². The minimum atomic E-state index is 0.395. The summed E-state index contributed by atoms with van der Waals surface area (Å²) in [5.41, 5.74) is 0. The maximum Gasteiger partial charge on any atom is 0.0518 e. The van der Waals surface area contributed by atoms with Crippen molar-refractivity contribution >= 4 is 0 Å². The van der Waals surface area contributed by atoms with Gasteiger partial charge >= 0.3 is 0 Å². The zero-order chi connectivity index (χ0) is 8.81. The van der Waals surface area contributed by atoms with Gasteiger partial charge in [0.1, 0.15) is 0 Å². The van der Waals surface area contributed by atoms with E-state index >= 15 is 0 Å². The Morgan fingerprint density at radius 1 is 1.50 bits per heavy atom. The van der Waals surface area contributed by atoms with E-state index in [2.05, 4.69) is 19.2 Å². The summed E-state index contributed by atoms with van der Waals surface area (Å²) in [5, 5.41) is 3.38. The molecular formula is C10H21NO. The Hall–Kier alpha value is -0.0800. The third kappa shape index (κ3) is 4.07. The van der Waals surface area contributed by atoms with Crippen LogP contribution in [0.2, 0.25) is 0 Å². The molecule has 2 heteroatoms. The van der Waals surface area contributed by atoms with E-state index in [-0.39, 0.29) is 0 Å². The lowest BCUT2D eigenvalue weighted by atomic mass is 10.0. The molecule has 1 aliphatic rings. The first-order valence-electron chi connectivity index (χ1n) is 5.11. The van der Waals surface area contributed by atoms with Gasteiger partial charge < -0.3 is 10.1 Å². The molecule has 0 radical (unpaired) electrons. The quantitative estimate of drug-likeness (QED) is 0.637. The first-order valence-corrected chi connectivity index (χ1v) is 5.11. The summed E-state index contributed by atoms with van der Waals surface area (Å²) in [7, 11) is 0. The van der Waals surface area contributed by atoms with Gasteiger partial charge in [-0.3, -0.25) is 0 Å². The fourth-order valence-corrected chi connectivity index (χ4v) is 1.65. The van der Waals surface area contributed by atoms with E-state index in [4.69, 9.17) is 4.74 Å². The zero-order valence-corrected chi connectivity index (χ0v) is 8.31. The first-order chi connectivity index (χ1) is 5.79. The largest absolute Gasteiger partial charge is 0.379 e. The minimum Gasteiger partial charge on any atom is -0.379 e. The molecule has 1 heterocycles. The average Bonchev–Trinajstić information content (AvgIpc) is 2.49. The standard InChI is InChI=1S/C10H21NO/c1-9(2)12-7-3-4-10-5-6-11-8-10/h9-11H,3-8H2,1-2H3. The van der Waals surface area contributed by atoms with Crippen LogP contribution in [0.3, 0.4) is 0 Å². The highest BCUT2D eigenvalue weighted by Crippen LogP contribution is 2.14. The highest BCUT2D eigenvalue weighted by atomic mass is 16.5. The van der Waals surface area contributed by atoms with Gasteiger partial charge in [-0.05, 0) is 52.1 Å². The molecule has 0 bridgehead atoms. The van der Waals surface area contributed by atoms with Gasteiger partial charge in [0, 0.05) is 6.61 Å². The molecule has 1 N–H and O–H groups in total. The molecule has 1 unspecified atom stereocenters. The van der Waals surface area contributed by atoms with Crippen LogP contribution >= 0.6 is 0 Å². The van der Waals surface area contributed by atoms with Crippen LogP contribution < -0.4 is 5.32 Å². The predicted molar refractivity (Wildman–Crippen MR) is 51.3 cm³/mol. The first kappa shape index (κ1) is 10.0. The number of ether oxygens (including phenoxy) is 1. The number of hydrogen-bond acceptors (Lipinski definition) is 2. The van der Waals surface area contributed by atoms with E-state index in [0.717, 1.165) is 12.5 Å². The van der Waals surface area contributed by atoms with Crippen LogP contribution in [0.15, 0.2) is 0 Å². The van der Waals surface area contributed by atoms with E-state index in [0.29, 0.717) is 6.10 Å². The highest BCUT2D eigenvalue weighted by Gasteiger charge is 2.13. The highest BCUT2D eigenvalue weighted by molar-refractivity contribution is 4.70. The molecule has 0 aliphatic carbocycles. The molecule has 0 aromatic carbocycles. The van der Waals surface area contributed by atoms with Crippen LogP contribution in [0.1, 0.15) is 33.1 Å². The van der Waals surface area contributed by atoms with Crippen LogP contribution in [-0.2, 0) is 4.74 Å². The van der Waals surface area contributed by atoms with Gasteiger partial charge in [-0.15, -0.1) is 0 Å². The van der Waals surface area contributed by atoms with Crippen LogP contribution in [0.25, 0.3) is 0 Å². The molecule has 0 spiro atoms. The second-order valence-corrected chi connectivity index (χ2v) is 3.92. The van der Waals surface area contributed by atoms with Gasteiger partial charge in [-0.2, -0.15) is 0 Å². The summed E-state index contributed by atoms with van der Waals surface area (Å²) < 4.78 is 5.48. The van der Waals surface area contributed by atoms with Crippen molar-refractivity contribution in [1.29, 1.82) is 0 Å². The van der Waals surface area contributed by atoms with E-state index in [9.17, 15) is 0 Å². The third-order valence-electron chi connectivity index (χ3n) is 2.37. The summed E-state index contributed by atoms with van der Waals surface area (Å²) >= 11 is 0. The normalized spacial score (nSPS) is 23.8. The maximum absolute atomic E-state index is 5.48. The second kappa shape index (κ2) is 5.55. The summed E-state index contributed by atoms with van der Waals surface area (Å²) in [6.45, 7) is 7.57. The predicted octanol–water partition coefficient (Wildman–Crippen LogP) is 1.80. The van der Waals surface area contributed by atoms with Crippen molar-refractivity contribution in [2.75, 3.05) is 19.7 Å². The van der Waals surface area contributed by atoms with Crippen LogP contribution in [0, 0.1) is 5.92 Å². The molecule has 1 saturated heterocycles. The van der Waals surface area contributed by atoms with E-state index in [1.807, 2.05) is 0 Å². The monoisotopic (exact) mass is 171 g/mol. The molecule has 12 heavy (non-hydrogen) atoms. The molecule has 2 nitrogen and oxygen atoms in total. The smallest absolute Gasteiger partial charge is 0.0518 e. The van der Waals surface area contributed by atoms with Crippen LogP contribution in [0.4, 0.5) is 0 Å². The lowest BCUT2D eigenvalue weighted by Gasteiger charge is -2.09. The fourth-order valence-electron chi connectivity index (χ4n) is 1.65. The van der Waals surface area contributed by atoms with E-state index < -0.39 is 0 Å². The van der Waals surface area contributed by atoms with Crippen molar-refractivity contribution in [2.24, 2.45) is 5.92 Å². The zero-order valence-electron chi connectivity index (χ0n) is 8.31. The molecule has 0 aromatic rings. The Bertz CT molecular complexity index is 108. The molecule has 72 valence electrons. The lowest BCUT2D eigenvalue weighted by Crippen LogP contribution is -2.10.